The van der Waals surface area contributed by atoms with Crippen molar-refractivity contribution in [3.05, 3.63) is 35.5 Å². The Morgan fingerprint density at radius 3 is 2.43 bits per heavy atom. The maximum atomic E-state index is 12.0. The van der Waals surface area contributed by atoms with Crippen molar-refractivity contribution in [2.45, 2.75) is 13.8 Å². The lowest BCUT2D eigenvalue weighted by molar-refractivity contribution is 0.0511. The van der Waals surface area contributed by atoms with Gasteiger partial charge in [-0.2, -0.15) is 10.3 Å². The number of hydrogen-bond donors (Lipinski definition) is 1. The summed E-state index contributed by atoms with van der Waals surface area (Å²) in [5.41, 5.74) is 1.08. The van der Waals surface area contributed by atoms with Gasteiger partial charge in [0.2, 0.25) is 0 Å². The fourth-order valence-electron chi connectivity index (χ4n) is 1.84. The summed E-state index contributed by atoms with van der Waals surface area (Å²) in [5.74, 6) is -1.08. The van der Waals surface area contributed by atoms with E-state index in [9.17, 15) is 9.59 Å². The molecule has 1 N–H and O–H groups in total. The van der Waals surface area contributed by atoms with Crippen LogP contribution in [0.25, 0.3) is 11.3 Å². The average molecular weight is 289 g/mol. The van der Waals surface area contributed by atoms with Gasteiger partial charge in [-0.25, -0.2) is 9.59 Å². The molecule has 0 radical (unpaired) electrons. The molecule has 0 aliphatic carbocycles. The summed E-state index contributed by atoms with van der Waals surface area (Å²) in [7, 11) is 0. The van der Waals surface area contributed by atoms with E-state index in [1.807, 2.05) is 0 Å². The number of aromatic amines is 1. The molecule has 1 aromatic carbocycles. The first kappa shape index (κ1) is 14.7. The molecular weight excluding hydrogens is 274 g/mol. The van der Waals surface area contributed by atoms with Crippen LogP contribution in [0.1, 0.15) is 34.7 Å². The normalized spacial score (nSPS) is 10.2. The summed E-state index contributed by atoms with van der Waals surface area (Å²) in [4.78, 5) is 23.8. The van der Waals surface area contributed by atoms with Gasteiger partial charge in [-0.3, -0.25) is 0 Å². The minimum Gasteiger partial charge on any atom is -0.462 e. The van der Waals surface area contributed by atoms with Gasteiger partial charge in [-0.15, -0.1) is 5.10 Å². The van der Waals surface area contributed by atoms with Crippen LogP contribution >= 0.6 is 0 Å². The number of H-pyrrole nitrogens is 1. The average Bonchev–Trinajstić information content (AvgIpc) is 2.97. The molecule has 1 heterocycles. The summed E-state index contributed by atoms with van der Waals surface area (Å²) in [6.45, 7) is 3.91. The fraction of sp³-hybridized carbons (Fsp3) is 0.286. The molecule has 2 aromatic rings. The highest BCUT2D eigenvalue weighted by Crippen LogP contribution is 2.25. The monoisotopic (exact) mass is 289 g/mol. The number of carbonyl (C=O) groups excluding carboxylic acids is 2. The second-order valence-electron chi connectivity index (χ2n) is 4.01. The maximum Gasteiger partial charge on any atom is 0.361 e. The van der Waals surface area contributed by atoms with Crippen LogP contribution in [0.5, 0.6) is 0 Å². The lowest BCUT2D eigenvalue weighted by atomic mass is 10.0. The quantitative estimate of drug-likeness (QED) is 0.844. The van der Waals surface area contributed by atoms with E-state index >= 15 is 0 Å². The number of nitrogens with zero attached hydrogens (tertiary/aromatic N) is 2. The number of esters is 2. The van der Waals surface area contributed by atoms with E-state index in [1.54, 1.807) is 38.1 Å². The molecule has 0 aliphatic heterocycles. The van der Waals surface area contributed by atoms with Gasteiger partial charge >= 0.3 is 11.9 Å². The molecule has 0 spiro atoms. The van der Waals surface area contributed by atoms with E-state index in [-0.39, 0.29) is 24.6 Å². The Bertz CT molecular complexity index is 651. The molecule has 1 aromatic heterocycles. The van der Waals surface area contributed by atoms with Crippen LogP contribution in [0, 0.1) is 0 Å². The van der Waals surface area contributed by atoms with Gasteiger partial charge in [0.1, 0.15) is 5.69 Å². The Kier molecular flexibility index (Phi) is 4.65. The fourth-order valence-corrected chi connectivity index (χ4v) is 1.84. The van der Waals surface area contributed by atoms with Crippen LogP contribution in [-0.4, -0.2) is 40.6 Å². The standard InChI is InChI=1S/C14H15N3O4/c1-3-20-13(18)10-8-6-5-7-9(10)11-12(16-17-15-11)14(19)21-4-2/h5-8H,3-4H2,1-2H3,(H,15,16,17). The molecule has 0 amide bonds. The Morgan fingerprint density at radius 2 is 1.71 bits per heavy atom. The van der Waals surface area contributed by atoms with E-state index < -0.39 is 11.9 Å². The molecular formula is C14H15N3O4. The van der Waals surface area contributed by atoms with E-state index in [4.69, 9.17) is 9.47 Å². The molecule has 110 valence electrons. The summed E-state index contributed by atoms with van der Waals surface area (Å²) in [5, 5.41) is 10.1. The van der Waals surface area contributed by atoms with Crippen LogP contribution in [0.3, 0.4) is 0 Å². The van der Waals surface area contributed by atoms with Crippen molar-refractivity contribution in [3.8, 4) is 11.3 Å². The second kappa shape index (κ2) is 6.65. The highest BCUT2D eigenvalue weighted by molar-refractivity contribution is 6.01. The Morgan fingerprint density at radius 1 is 1.05 bits per heavy atom. The third-order valence-corrected chi connectivity index (χ3v) is 2.69. The van der Waals surface area contributed by atoms with Gasteiger partial charge in [0, 0.05) is 5.56 Å². The third kappa shape index (κ3) is 3.07. The Hall–Kier alpha value is -2.70. The van der Waals surface area contributed by atoms with Crippen molar-refractivity contribution >= 4 is 11.9 Å². The zero-order valence-corrected chi connectivity index (χ0v) is 11.8. The third-order valence-electron chi connectivity index (χ3n) is 2.69. The highest BCUT2D eigenvalue weighted by atomic mass is 16.5. The molecule has 0 aliphatic rings. The molecule has 0 atom stereocenters. The topological polar surface area (TPSA) is 94.2 Å². The molecule has 0 saturated heterocycles. The number of aromatic nitrogens is 3. The largest absolute Gasteiger partial charge is 0.462 e. The van der Waals surface area contributed by atoms with Crippen LogP contribution < -0.4 is 0 Å². The van der Waals surface area contributed by atoms with E-state index in [0.29, 0.717) is 11.1 Å². The lowest BCUT2D eigenvalue weighted by Gasteiger charge is -2.07. The number of ether oxygens (including phenoxy) is 2. The number of benzene rings is 1. The SMILES string of the molecule is CCOC(=O)c1ccccc1-c1n[nH]nc1C(=O)OCC. The van der Waals surface area contributed by atoms with Crippen LogP contribution in [0.4, 0.5) is 0 Å². The maximum absolute atomic E-state index is 12.0. The van der Waals surface area contributed by atoms with Crippen molar-refractivity contribution in [2.75, 3.05) is 13.2 Å². The summed E-state index contributed by atoms with van der Waals surface area (Å²) in [6.07, 6.45) is 0. The van der Waals surface area contributed by atoms with E-state index in [1.165, 1.54) is 0 Å². The zero-order valence-electron chi connectivity index (χ0n) is 11.8. The Labute approximate surface area is 121 Å². The van der Waals surface area contributed by atoms with Crippen LogP contribution in [0.15, 0.2) is 24.3 Å². The molecule has 7 nitrogen and oxygen atoms in total. The van der Waals surface area contributed by atoms with Gasteiger partial charge in [-0.1, -0.05) is 18.2 Å². The predicted molar refractivity (Wildman–Crippen MR) is 73.7 cm³/mol. The first-order valence-corrected chi connectivity index (χ1v) is 6.53. The number of hydrogen-bond acceptors (Lipinski definition) is 6. The molecule has 0 bridgehead atoms. The van der Waals surface area contributed by atoms with Crippen molar-refractivity contribution in [1.82, 2.24) is 15.4 Å². The molecule has 21 heavy (non-hydrogen) atoms. The number of carbonyl (C=O) groups is 2. The van der Waals surface area contributed by atoms with Crippen LogP contribution in [0.2, 0.25) is 0 Å². The lowest BCUT2D eigenvalue weighted by Crippen LogP contribution is -2.10. The van der Waals surface area contributed by atoms with Gasteiger partial charge in [0.05, 0.1) is 18.8 Å². The van der Waals surface area contributed by atoms with Crippen molar-refractivity contribution in [3.63, 3.8) is 0 Å². The predicted octanol–water partition coefficient (Wildman–Crippen LogP) is 1.83. The molecule has 7 heteroatoms. The highest BCUT2D eigenvalue weighted by Gasteiger charge is 2.23. The second-order valence-corrected chi connectivity index (χ2v) is 4.01. The molecule has 0 saturated carbocycles. The molecule has 2 rings (SSSR count). The van der Waals surface area contributed by atoms with Gasteiger partial charge in [-0.05, 0) is 19.9 Å². The first-order chi connectivity index (χ1) is 10.2. The van der Waals surface area contributed by atoms with Crippen molar-refractivity contribution in [2.24, 2.45) is 0 Å². The Balaban J connectivity index is 2.46. The summed E-state index contributed by atoms with van der Waals surface area (Å²) in [6, 6.07) is 6.73. The van der Waals surface area contributed by atoms with Gasteiger partial charge < -0.3 is 9.47 Å². The van der Waals surface area contributed by atoms with Crippen LogP contribution in [-0.2, 0) is 9.47 Å². The number of rotatable bonds is 5. The summed E-state index contributed by atoms with van der Waals surface area (Å²) >= 11 is 0. The van der Waals surface area contributed by atoms with E-state index in [0.717, 1.165) is 0 Å². The minimum atomic E-state index is -0.597. The van der Waals surface area contributed by atoms with Crippen molar-refractivity contribution < 1.29 is 19.1 Å². The van der Waals surface area contributed by atoms with Gasteiger partial charge in [0.15, 0.2) is 5.69 Å². The summed E-state index contributed by atoms with van der Waals surface area (Å²) < 4.78 is 9.92. The van der Waals surface area contributed by atoms with E-state index in [2.05, 4.69) is 15.4 Å². The van der Waals surface area contributed by atoms with Crippen molar-refractivity contribution in [1.29, 1.82) is 0 Å². The minimum absolute atomic E-state index is 0.0357. The first-order valence-electron chi connectivity index (χ1n) is 6.53. The van der Waals surface area contributed by atoms with Gasteiger partial charge in [0.25, 0.3) is 0 Å². The smallest absolute Gasteiger partial charge is 0.361 e. The molecule has 0 unspecified atom stereocenters. The zero-order chi connectivity index (χ0) is 15.2. The number of nitrogens with one attached hydrogen (secondary N) is 1. The molecule has 0 fully saturated rings.